The van der Waals surface area contributed by atoms with Gasteiger partial charge in [-0.1, -0.05) is 26.3 Å². The molecule has 2 heteroatoms. The van der Waals surface area contributed by atoms with E-state index in [2.05, 4.69) is 13.8 Å². The van der Waals surface area contributed by atoms with Gasteiger partial charge in [0.1, 0.15) is 5.82 Å². The Bertz CT molecular complexity index is 411. The average molecular weight is 236 g/mol. The van der Waals surface area contributed by atoms with Crippen molar-refractivity contribution in [3.63, 3.8) is 0 Å². The molecule has 1 fully saturated rings. The molecular formula is C15H21FO. The summed E-state index contributed by atoms with van der Waals surface area (Å²) in [6.45, 7) is 6.32. The van der Waals surface area contributed by atoms with Crippen molar-refractivity contribution < 1.29 is 9.50 Å². The summed E-state index contributed by atoms with van der Waals surface area (Å²) < 4.78 is 13.3. The van der Waals surface area contributed by atoms with Crippen LogP contribution in [-0.2, 0) is 0 Å². The van der Waals surface area contributed by atoms with Gasteiger partial charge in [-0.05, 0) is 54.4 Å². The van der Waals surface area contributed by atoms with E-state index < -0.39 is 6.10 Å². The summed E-state index contributed by atoms with van der Waals surface area (Å²) in [4.78, 5) is 0. The van der Waals surface area contributed by atoms with Crippen LogP contribution in [0.1, 0.15) is 50.3 Å². The maximum absolute atomic E-state index is 13.3. The molecule has 2 rings (SSSR count). The molecule has 0 saturated heterocycles. The molecular weight excluding hydrogens is 215 g/mol. The summed E-state index contributed by atoms with van der Waals surface area (Å²) in [5.41, 5.74) is 1.88. The Morgan fingerprint density at radius 2 is 2.12 bits per heavy atom. The van der Waals surface area contributed by atoms with Crippen molar-refractivity contribution in [1.82, 2.24) is 0 Å². The lowest BCUT2D eigenvalue weighted by Crippen LogP contribution is -2.24. The number of aliphatic hydroxyl groups is 1. The first-order valence-corrected chi connectivity index (χ1v) is 6.36. The molecule has 0 aromatic heterocycles. The van der Waals surface area contributed by atoms with Crippen LogP contribution in [0.4, 0.5) is 4.39 Å². The second kappa shape index (κ2) is 4.41. The Balaban J connectivity index is 2.30. The third-order valence-electron chi connectivity index (χ3n) is 4.28. The summed E-state index contributed by atoms with van der Waals surface area (Å²) in [6, 6.07) is 4.68. The molecule has 1 saturated carbocycles. The molecule has 0 radical (unpaired) electrons. The van der Waals surface area contributed by atoms with Crippen LogP contribution < -0.4 is 0 Å². The molecule has 1 aromatic rings. The van der Waals surface area contributed by atoms with Crippen LogP contribution in [0.5, 0.6) is 0 Å². The highest BCUT2D eigenvalue weighted by molar-refractivity contribution is 5.29. The summed E-state index contributed by atoms with van der Waals surface area (Å²) in [5.74, 6) is -0.0246. The summed E-state index contributed by atoms with van der Waals surface area (Å²) in [6.07, 6.45) is 2.79. The Morgan fingerprint density at radius 1 is 1.41 bits per heavy atom. The Labute approximate surface area is 103 Å². The predicted octanol–water partition coefficient (Wildman–Crippen LogP) is 3.99. The van der Waals surface area contributed by atoms with E-state index in [0.29, 0.717) is 0 Å². The summed E-state index contributed by atoms with van der Waals surface area (Å²) >= 11 is 0. The summed E-state index contributed by atoms with van der Waals surface area (Å²) in [7, 11) is 0. The lowest BCUT2D eigenvalue weighted by molar-refractivity contribution is 0.0525. The number of rotatable bonds is 2. The largest absolute Gasteiger partial charge is 0.388 e. The molecule has 1 N–H and O–H groups in total. The van der Waals surface area contributed by atoms with Gasteiger partial charge < -0.3 is 5.11 Å². The standard InChI is InChI=1S/C15H21FO/c1-10-6-7-11(16)9-12(10)14(17)13-5-4-8-15(13,2)3/h6-7,9,13-14,17H,4-5,8H2,1-3H3. The molecule has 94 valence electrons. The van der Waals surface area contributed by atoms with Gasteiger partial charge in [0, 0.05) is 0 Å². The zero-order valence-electron chi connectivity index (χ0n) is 10.8. The van der Waals surface area contributed by atoms with Crippen molar-refractivity contribution in [3.8, 4) is 0 Å². The monoisotopic (exact) mass is 236 g/mol. The molecule has 1 aliphatic carbocycles. The highest BCUT2D eigenvalue weighted by Gasteiger charge is 2.39. The highest BCUT2D eigenvalue weighted by Crippen LogP contribution is 2.49. The summed E-state index contributed by atoms with van der Waals surface area (Å²) in [5, 5.41) is 10.5. The molecule has 0 amide bonds. The smallest absolute Gasteiger partial charge is 0.123 e. The van der Waals surface area contributed by atoms with Gasteiger partial charge in [-0.25, -0.2) is 4.39 Å². The molecule has 0 bridgehead atoms. The maximum Gasteiger partial charge on any atom is 0.123 e. The molecule has 17 heavy (non-hydrogen) atoms. The third-order valence-corrected chi connectivity index (χ3v) is 4.28. The normalized spacial score (nSPS) is 24.9. The predicted molar refractivity (Wildman–Crippen MR) is 67.2 cm³/mol. The molecule has 0 aliphatic heterocycles. The lowest BCUT2D eigenvalue weighted by atomic mass is 9.76. The van der Waals surface area contributed by atoms with Crippen molar-refractivity contribution in [3.05, 3.63) is 35.1 Å². The third kappa shape index (κ3) is 2.37. The lowest BCUT2D eigenvalue weighted by Gasteiger charge is -2.32. The van der Waals surface area contributed by atoms with Gasteiger partial charge in [0.2, 0.25) is 0 Å². The number of halogens is 1. The highest BCUT2D eigenvalue weighted by atomic mass is 19.1. The fourth-order valence-corrected chi connectivity index (χ4v) is 3.09. The van der Waals surface area contributed by atoms with E-state index in [1.165, 1.54) is 12.1 Å². The van der Waals surface area contributed by atoms with Gasteiger partial charge in [-0.15, -0.1) is 0 Å². The van der Waals surface area contributed by atoms with Crippen LogP contribution in [0.15, 0.2) is 18.2 Å². The number of aliphatic hydroxyl groups excluding tert-OH is 1. The fourth-order valence-electron chi connectivity index (χ4n) is 3.09. The van der Waals surface area contributed by atoms with Crippen LogP contribution in [-0.4, -0.2) is 5.11 Å². The van der Waals surface area contributed by atoms with Crippen molar-refractivity contribution in [1.29, 1.82) is 0 Å². The Hall–Kier alpha value is -0.890. The van der Waals surface area contributed by atoms with Crippen LogP contribution in [0.3, 0.4) is 0 Å². The SMILES string of the molecule is Cc1ccc(F)cc1C(O)C1CCCC1(C)C. The number of benzene rings is 1. The second-order valence-corrected chi connectivity index (χ2v) is 5.93. The van der Waals surface area contributed by atoms with Crippen LogP contribution >= 0.6 is 0 Å². The van der Waals surface area contributed by atoms with E-state index in [0.717, 1.165) is 30.4 Å². The van der Waals surface area contributed by atoms with Gasteiger partial charge in [0.05, 0.1) is 6.10 Å². The quantitative estimate of drug-likeness (QED) is 0.823. The van der Waals surface area contributed by atoms with E-state index >= 15 is 0 Å². The Kier molecular flexibility index (Phi) is 3.26. The molecule has 1 aliphatic rings. The molecule has 2 unspecified atom stereocenters. The van der Waals surface area contributed by atoms with E-state index in [1.807, 2.05) is 6.92 Å². The van der Waals surface area contributed by atoms with Crippen molar-refractivity contribution >= 4 is 0 Å². The fraction of sp³-hybridized carbons (Fsp3) is 0.600. The molecule has 0 heterocycles. The number of hydrogen-bond acceptors (Lipinski definition) is 1. The second-order valence-electron chi connectivity index (χ2n) is 5.93. The zero-order chi connectivity index (χ0) is 12.6. The van der Waals surface area contributed by atoms with Gasteiger partial charge in [-0.2, -0.15) is 0 Å². The van der Waals surface area contributed by atoms with Crippen LogP contribution in [0.2, 0.25) is 0 Å². The minimum atomic E-state index is -0.539. The first-order chi connectivity index (χ1) is 7.92. The minimum Gasteiger partial charge on any atom is -0.388 e. The van der Waals surface area contributed by atoms with Crippen LogP contribution in [0, 0.1) is 24.1 Å². The van der Waals surface area contributed by atoms with E-state index in [4.69, 9.17) is 0 Å². The van der Waals surface area contributed by atoms with Crippen molar-refractivity contribution in [2.24, 2.45) is 11.3 Å². The van der Waals surface area contributed by atoms with Gasteiger partial charge >= 0.3 is 0 Å². The van der Waals surface area contributed by atoms with E-state index in [9.17, 15) is 9.50 Å². The molecule has 0 spiro atoms. The van der Waals surface area contributed by atoms with Crippen LogP contribution in [0.25, 0.3) is 0 Å². The first-order valence-electron chi connectivity index (χ1n) is 6.36. The number of hydrogen-bond donors (Lipinski definition) is 1. The van der Waals surface area contributed by atoms with E-state index in [-0.39, 0.29) is 17.2 Å². The van der Waals surface area contributed by atoms with E-state index in [1.54, 1.807) is 6.07 Å². The topological polar surface area (TPSA) is 20.2 Å². The van der Waals surface area contributed by atoms with Gasteiger partial charge in [0.25, 0.3) is 0 Å². The average Bonchev–Trinajstić information content (AvgIpc) is 2.61. The number of aryl methyl sites for hydroxylation is 1. The van der Waals surface area contributed by atoms with Gasteiger partial charge in [-0.3, -0.25) is 0 Å². The molecule has 1 aromatic carbocycles. The molecule has 1 nitrogen and oxygen atoms in total. The van der Waals surface area contributed by atoms with Crippen molar-refractivity contribution in [2.45, 2.75) is 46.1 Å². The maximum atomic E-state index is 13.3. The Morgan fingerprint density at radius 3 is 2.71 bits per heavy atom. The molecule has 2 atom stereocenters. The zero-order valence-corrected chi connectivity index (χ0v) is 10.8. The first kappa shape index (κ1) is 12.6. The van der Waals surface area contributed by atoms with Gasteiger partial charge in [0.15, 0.2) is 0 Å². The minimum absolute atomic E-state index is 0.151. The van der Waals surface area contributed by atoms with Crippen molar-refractivity contribution in [2.75, 3.05) is 0 Å².